The van der Waals surface area contributed by atoms with Crippen LogP contribution in [0.25, 0.3) is 0 Å². The Bertz CT molecular complexity index is 1360. The fourth-order valence-electron chi connectivity index (χ4n) is 5.56. The minimum atomic E-state index is -0.000922. The lowest BCUT2D eigenvalue weighted by Gasteiger charge is -2.23. The van der Waals surface area contributed by atoms with Gasteiger partial charge in [-0.1, -0.05) is 80.6 Å². The summed E-state index contributed by atoms with van der Waals surface area (Å²) in [6, 6.07) is 35.7. The Kier molecular flexibility index (Phi) is 7.12. The number of hydrogen-bond donors (Lipinski definition) is 0. The van der Waals surface area contributed by atoms with Gasteiger partial charge in [0.1, 0.15) is 0 Å². The minimum absolute atomic E-state index is 0.000922. The molecule has 1 aliphatic heterocycles. The number of aryl methyl sites for hydroxylation is 1. The molecule has 5 rings (SSSR count). The van der Waals surface area contributed by atoms with Crippen molar-refractivity contribution in [3.05, 3.63) is 125 Å². The molecule has 3 nitrogen and oxygen atoms in total. The van der Waals surface area contributed by atoms with Gasteiger partial charge in [0.15, 0.2) is 0 Å². The van der Waals surface area contributed by atoms with Crippen LogP contribution in [0.5, 0.6) is 0 Å². The maximum Gasteiger partial charge on any atom is 0.0670 e. The molecule has 0 radical (unpaired) electrons. The topological polar surface area (TPSA) is 18.8 Å². The smallest absolute Gasteiger partial charge is 0.0670 e. The van der Waals surface area contributed by atoms with Gasteiger partial charge in [-0.25, -0.2) is 0 Å². The van der Waals surface area contributed by atoms with E-state index in [1.165, 1.54) is 44.9 Å². The van der Waals surface area contributed by atoms with E-state index in [9.17, 15) is 0 Å². The Labute approximate surface area is 228 Å². The number of nitrogens with zero attached hydrogens (tertiary/aromatic N) is 3. The van der Waals surface area contributed by atoms with Crippen LogP contribution in [0.3, 0.4) is 0 Å². The molecule has 0 N–H and O–H groups in total. The van der Waals surface area contributed by atoms with Crippen molar-refractivity contribution in [1.29, 1.82) is 0 Å². The van der Waals surface area contributed by atoms with E-state index >= 15 is 0 Å². The average molecular weight is 502 g/mol. The lowest BCUT2D eigenvalue weighted by atomic mass is 9.79. The molecule has 194 valence electrons. The number of para-hydroxylation sites is 1. The van der Waals surface area contributed by atoms with Crippen LogP contribution in [0.2, 0.25) is 0 Å². The van der Waals surface area contributed by atoms with Gasteiger partial charge >= 0.3 is 0 Å². The van der Waals surface area contributed by atoms with E-state index in [0.717, 1.165) is 18.5 Å². The molecule has 0 spiro atoms. The molecule has 38 heavy (non-hydrogen) atoms. The molecule has 1 heterocycles. The van der Waals surface area contributed by atoms with E-state index < -0.39 is 0 Å². The number of hydrogen-bond acceptors (Lipinski definition) is 3. The molecule has 0 aromatic heterocycles. The van der Waals surface area contributed by atoms with E-state index in [0.29, 0.717) is 0 Å². The Hall–Kier alpha value is -3.85. The maximum atomic E-state index is 4.99. The van der Waals surface area contributed by atoms with Gasteiger partial charge in [-0.3, -0.25) is 4.99 Å². The summed E-state index contributed by atoms with van der Waals surface area (Å²) < 4.78 is 0. The van der Waals surface area contributed by atoms with Gasteiger partial charge in [-0.2, -0.15) is 0 Å². The Morgan fingerprint density at radius 1 is 0.605 bits per heavy atom. The summed E-state index contributed by atoms with van der Waals surface area (Å²) in [5.41, 5.74) is 11.5. The highest BCUT2D eigenvalue weighted by Gasteiger charge is 2.33. The number of rotatable bonds is 8. The van der Waals surface area contributed by atoms with E-state index in [4.69, 9.17) is 4.99 Å². The second-order valence-electron chi connectivity index (χ2n) is 11.3. The number of anilines is 2. The third-order valence-electron chi connectivity index (χ3n) is 8.00. The average Bonchev–Trinajstić information content (AvgIpc) is 3.18. The molecule has 0 saturated carbocycles. The minimum Gasteiger partial charge on any atom is -0.378 e. The molecule has 0 saturated heterocycles. The summed E-state index contributed by atoms with van der Waals surface area (Å²) in [5.74, 6) is 0.184. The first-order valence-electron chi connectivity index (χ1n) is 13.5. The lowest BCUT2D eigenvalue weighted by molar-refractivity contribution is 0.715. The van der Waals surface area contributed by atoms with Gasteiger partial charge < -0.3 is 9.80 Å². The predicted octanol–water partition coefficient (Wildman–Crippen LogP) is 8.00. The first-order chi connectivity index (χ1) is 18.2. The zero-order valence-corrected chi connectivity index (χ0v) is 23.6. The predicted molar refractivity (Wildman–Crippen MR) is 164 cm³/mol. The van der Waals surface area contributed by atoms with Crippen molar-refractivity contribution in [1.82, 2.24) is 0 Å². The number of aliphatic imine (C=N–C) groups is 1. The highest BCUT2D eigenvalue weighted by atomic mass is 15.1. The summed E-state index contributed by atoms with van der Waals surface area (Å²) in [6.07, 6.45) is 1.97. The Morgan fingerprint density at radius 2 is 1.08 bits per heavy atom. The van der Waals surface area contributed by atoms with Gasteiger partial charge in [-0.15, -0.1) is 0 Å². The lowest BCUT2D eigenvalue weighted by Crippen LogP contribution is -2.25. The normalized spacial score (nSPS) is 13.8. The molecule has 0 fully saturated rings. The van der Waals surface area contributed by atoms with Gasteiger partial charge in [0, 0.05) is 56.6 Å². The second-order valence-corrected chi connectivity index (χ2v) is 11.3. The molecule has 0 aliphatic carbocycles. The fourth-order valence-corrected chi connectivity index (χ4v) is 5.56. The van der Waals surface area contributed by atoms with E-state index in [1.54, 1.807) is 0 Å². The van der Waals surface area contributed by atoms with Crippen LogP contribution >= 0.6 is 0 Å². The van der Waals surface area contributed by atoms with Crippen LogP contribution in [-0.2, 0) is 11.8 Å². The standard InChI is InChI=1S/C35H39N3/c1-35(2)31-9-7-8-10-32(31)36-33(35)24-13-25-11-14-26(15-12-25)34(27-16-20-29(21-17-27)37(3)4)28-18-22-30(23-19-28)38(5)6/h7-12,14-23,34H,13,24H2,1-6H3. The monoisotopic (exact) mass is 501 g/mol. The van der Waals surface area contributed by atoms with E-state index in [2.05, 4.69) is 149 Å². The highest BCUT2D eigenvalue weighted by Crippen LogP contribution is 2.41. The van der Waals surface area contributed by atoms with Crippen LogP contribution in [0.1, 0.15) is 54.0 Å². The first-order valence-corrected chi connectivity index (χ1v) is 13.5. The summed E-state index contributed by atoms with van der Waals surface area (Å²) >= 11 is 0. The van der Waals surface area contributed by atoms with E-state index in [-0.39, 0.29) is 11.3 Å². The number of benzene rings is 4. The molecule has 0 unspecified atom stereocenters. The first kappa shape index (κ1) is 25.8. The molecule has 0 atom stereocenters. The van der Waals surface area contributed by atoms with Gasteiger partial charge in [-0.05, 0) is 71.0 Å². The van der Waals surface area contributed by atoms with Crippen molar-refractivity contribution in [2.75, 3.05) is 38.0 Å². The highest BCUT2D eigenvalue weighted by molar-refractivity contribution is 6.01. The van der Waals surface area contributed by atoms with Crippen molar-refractivity contribution >= 4 is 22.8 Å². The summed E-state index contributed by atoms with van der Waals surface area (Å²) in [6.45, 7) is 4.60. The van der Waals surface area contributed by atoms with Crippen LogP contribution in [0.4, 0.5) is 17.1 Å². The van der Waals surface area contributed by atoms with Crippen molar-refractivity contribution in [3.8, 4) is 0 Å². The van der Waals surface area contributed by atoms with E-state index in [1.807, 2.05) is 0 Å². The van der Waals surface area contributed by atoms with Gasteiger partial charge in [0.25, 0.3) is 0 Å². The van der Waals surface area contributed by atoms with Crippen LogP contribution < -0.4 is 9.80 Å². The molecular weight excluding hydrogens is 462 g/mol. The van der Waals surface area contributed by atoms with Gasteiger partial charge in [0.05, 0.1) is 5.69 Å². The zero-order chi connectivity index (χ0) is 26.9. The van der Waals surface area contributed by atoms with Crippen LogP contribution in [0.15, 0.2) is 102 Å². The largest absolute Gasteiger partial charge is 0.378 e. The molecule has 4 aromatic carbocycles. The second kappa shape index (κ2) is 10.5. The maximum absolute atomic E-state index is 4.99. The quantitative estimate of drug-likeness (QED) is 0.228. The van der Waals surface area contributed by atoms with Gasteiger partial charge in [0.2, 0.25) is 0 Å². The van der Waals surface area contributed by atoms with Crippen molar-refractivity contribution in [2.45, 2.75) is 38.0 Å². The Balaban J connectivity index is 1.39. The van der Waals surface area contributed by atoms with Crippen molar-refractivity contribution in [3.63, 3.8) is 0 Å². The molecular formula is C35H39N3. The van der Waals surface area contributed by atoms with Crippen molar-refractivity contribution < 1.29 is 0 Å². The summed E-state index contributed by atoms with van der Waals surface area (Å²) in [4.78, 5) is 9.29. The Morgan fingerprint density at radius 3 is 1.55 bits per heavy atom. The third kappa shape index (κ3) is 5.11. The van der Waals surface area contributed by atoms with Crippen LogP contribution in [-0.4, -0.2) is 33.9 Å². The third-order valence-corrected chi connectivity index (χ3v) is 8.00. The molecule has 1 aliphatic rings. The summed E-state index contributed by atoms with van der Waals surface area (Å²) in [7, 11) is 8.34. The van der Waals surface area contributed by atoms with Crippen LogP contribution in [0, 0.1) is 0 Å². The molecule has 0 bridgehead atoms. The number of fused-ring (bicyclic) bond motifs is 1. The SMILES string of the molecule is CN(C)c1ccc(C(c2ccc(CCC3=Nc4ccccc4C3(C)C)cc2)c2ccc(N(C)C)cc2)cc1. The van der Waals surface area contributed by atoms with Crippen molar-refractivity contribution in [2.24, 2.45) is 4.99 Å². The summed E-state index contributed by atoms with van der Waals surface area (Å²) in [5, 5.41) is 0. The molecule has 4 aromatic rings. The molecule has 3 heteroatoms. The zero-order valence-electron chi connectivity index (χ0n) is 23.6. The fraction of sp³-hybridized carbons (Fsp3) is 0.286. The molecule has 0 amide bonds.